The van der Waals surface area contributed by atoms with Gasteiger partial charge >= 0.3 is 0 Å². The van der Waals surface area contributed by atoms with Crippen LogP contribution < -0.4 is 0 Å². The molecule has 0 spiro atoms. The van der Waals surface area contributed by atoms with Gasteiger partial charge in [0.2, 0.25) is 0 Å². The zero-order valence-corrected chi connectivity index (χ0v) is 9.88. The Balaban J connectivity index is 2.48. The quantitative estimate of drug-likeness (QED) is 0.715. The van der Waals surface area contributed by atoms with E-state index in [-0.39, 0.29) is 5.41 Å². The van der Waals surface area contributed by atoms with E-state index >= 15 is 0 Å². The van der Waals surface area contributed by atoms with Crippen LogP contribution in [0.25, 0.3) is 0 Å². The zero-order chi connectivity index (χ0) is 11.3. The largest absolute Gasteiger partial charge is 0.469 e. The van der Waals surface area contributed by atoms with Gasteiger partial charge in [-0.3, -0.25) is 4.79 Å². The number of carbonyl (C=O) groups excluding carboxylic acids is 1. The molecule has 84 valence electrons. The number of ketones is 1. The SMILES string of the molecule is CCC(C)(CC)C(=O)CCc1ccco1. The van der Waals surface area contributed by atoms with E-state index in [1.165, 1.54) is 0 Å². The molecule has 1 aromatic rings. The fraction of sp³-hybridized carbons (Fsp3) is 0.615. The van der Waals surface area contributed by atoms with Crippen LogP contribution in [-0.2, 0) is 11.2 Å². The third kappa shape index (κ3) is 2.95. The maximum absolute atomic E-state index is 12.0. The fourth-order valence-corrected chi connectivity index (χ4v) is 1.64. The molecule has 0 fully saturated rings. The topological polar surface area (TPSA) is 30.2 Å². The molecule has 0 aliphatic carbocycles. The van der Waals surface area contributed by atoms with E-state index in [0.717, 1.165) is 25.0 Å². The molecule has 1 heterocycles. The lowest BCUT2D eigenvalue weighted by Crippen LogP contribution is -2.26. The first-order valence-corrected chi connectivity index (χ1v) is 5.68. The average Bonchev–Trinajstić information content (AvgIpc) is 2.77. The maximum atomic E-state index is 12.0. The number of hydrogen-bond acceptors (Lipinski definition) is 2. The van der Waals surface area contributed by atoms with E-state index in [1.807, 2.05) is 12.1 Å². The number of carbonyl (C=O) groups is 1. The monoisotopic (exact) mass is 208 g/mol. The van der Waals surface area contributed by atoms with Crippen LogP contribution in [0.4, 0.5) is 0 Å². The highest BCUT2D eigenvalue weighted by Crippen LogP contribution is 2.28. The van der Waals surface area contributed by atoms with Gasteiger partial charge in [0.05, 0.1) is 6.26 Å². The highest BCUT2D eigenvalue weighted by Gasteiger charge is 2.28. The molecule has 0 saturated heterocycles. The first-order valence-electron chi connectivity index (χ1n) is 5.68. The Morgan fingerprint density at radius 1 is 1.40 bits per heavy atom. The van der Waals surface area contributed by atoms with Crippen molar-refractivity contribution in [2.45, 2.75) is 46.5 Å². The summed E-state index contributed by atoms with van der Waals surface area (Å²) < 4.78 is 5.21. The van der Waals surface area contributed by atoms with Crippen molar-refractivity contribution in [2.24, 2.45) is 5.41 Å². The zero-order valence-electron chi connectivity index (χ0n) is 9.88. The van der Waals surface area contributed by atoms with E-state index in [4.69, 9.17) is 4.42 Å². The van der Waals surface area contributed by atoms with Crippen molar-refractivity contribution in [3.05, 3.63) is 24.2 Å². The van der Waals surface area contributed by atoms with Gasteiger partial charge in [-0.25, -0.2) is 0 Å². The molecule has 0 aliphatic heterocycles. The molecule has 0 aromatic carbocycles. The van der Waals surface area contributed by atoms with Crippen molar-refractivity contribution < 1.29 is 9.21 Å². The normalized spacial score (nSPS) is 11.7. The molecule has 0 aliphatic rings. The highest BCUT2D eigenvalue weighted by atomic mass is 16.3. The Labute approximate surface area is 91.7 Å². The van der Waals surface area contributed by atoms with Crippen molar-refractivity contribution in [3.63, 3.8) is 0 Å². The van der Waals surface area contributed by atoms with Crippen LogP contribution in [0.3, 0.4) is 0 Å². The van der Waals surface area contributed by atoms with E-state index < -0.39 is 0 Å². The van der Waals surface area contributed by atoms with Crippen LogP contribution in [0.1, 0.15) is 45.8 Å². The van der Waals surface area contributed by atoms with Gasteiger partial charge in [-0.2, -0.15) is 0 Å². The maximum Gasteiger partial charge on any atom is 0.139 e. The highest BCUT2D eigenvalue weighted by molar-refractivity contribution is 5.84. The number of rotatable bonds is 6. The Morgan fingerprint density at radius 2 is 2.07 bits per heavy atom. The predicted molar refractivity (Wildman–Crippen MR) is 60.7 cm³/mol. The summed E-state index contributed by atoms with van der Waals surface area (Å²) in [7, 11) is 0. The standard InChI is InChI=1S/C13H20O2/c1-4-13(3,5-2)12(14)9-8-11-7-6-10-15-11/h6-7,10H,4-5,8-9H2,1-3H3. The Kier molecular flexibility index (Phi) is 4.13. The second-order valence-corrected chi connectivity index (χ2v) is 4.27. The minimum Gasteiger partial charge on any atom is -0.469 e. The van der Waals surface area contributed by atoms with E-state index in [1.54, 1.807) is 6.26 Å². The van der Waals surface area contributed by atoms with Gasteiger partial charge in [-0.1, -0.05) is 20.8 Å². The summed E-state index contributed by atoms with van der Waals surface area (Å²) in [6.45, 7) is 6.21. The summed E-state index contributed by atoms with van der Waals surface area (Å²) in [5.41, 5.74) is -0.146. The van der Waals surface area contributed by atoms with Crippen molar-refractivity contribution in [2.75, 3.05) is 0 Å². The molecule has 0 saturated carbocycles. The minimum absolute atomic E-state index is 0.146. The number of aryl methyl sites for hydroxylation is 1. The van der Waals surface area contributed by atoms with Gasteiger partial charge < -0.3 is 4.42 Å². The minimum atomic E-state index is -0.146. The molecule has 2 nitrogen and oxygen atoms in total. The first-order chi connectivity index (χ1) is 7.12. The average molecular weight is 208 g/mol. The Morgan fingerprint density at radius 3 is 2.53 bits per heavy atom. The lowest BCUT2D eigenvalue weighted by atomic mass is 9.79. The van der Waals surface area contributed by atoms with Crippen molar-refractivity contribution >= 4 is 5.78 Å². The number of furan rings is 1. The van der Waals surface area contributed by atoms with Gasteiger partial charge in [0, 0.05) is 18.3 Å². The molecule has 2 heteroatoms. The molecule has 1 rings (SSSR count). The third-order valence-electron chi connectivity index (χ3n) is 3.41. The molecule has 0 radical (unpaired) electrons. The van der Waals surface area contributed by atoms with Crippen molar-refractivity contribution in [1.29, 1.82) is 0 Å². The van der Waals surface area contributed by atoms with Crippen LogP contribution in [-0.4, -0.2) is 5.78 Å². The van der Waals surface area contributed by atoms with Gasteiger partial charge in [-0.05, 0) is 25.0 Å². The number of Topliss-reactive ketones (excluding diaryl/α,β-unsaturated/α-hetero) is 1. The summed E-state index contributed by atoms with van der Waals surface area (Å²) in [6, 6.07) is 3.78. The number of hydrogen-bond donors (Lipinski definition) is 0. The molecule has 0 amide bonds. The molecule has 0 unspecified atom stereocenters. The molecule has 15 heavy (non-hydrogen) atoms. The van der Waals surface area contributed by atoms with Crippen LogP contribution >= 0.6 is 0 Å². The smallest absolute Gasteiger partial charge is 0.139 e. The molecular formula is C13H20O2. The van der Waals surface area contributed by atoms with Crippen LogP contribution in [0.5, 0.6) is 0 Å². The third-order valence-corrected chi connectivity index (χ3v) is 3.41. The summed E-state index contributed by atoms with van der Waals surface area (Å²) in [5.74, 6) is 1.25. The first kappa shape index (κ1) is 12.0. The van der Waals surface area contributed by atoms with Crippen LogP contribution in [0, 0.1) is 5.41 Å². The fourth-order valence-electron chi connectivity index (χ4n) is 1.64. The van der Waals surface area contributed by atoms with Crippen LogP contribution in [0.2, 0.25) is 0 Å². The van der Waals surface area contributed by atoms with Gasteiger partial charge in [0.15, 0.2) is 0 Å². The van der Waals surface area contributed by atoms with E-state index in [0.29, 0.717) is 12.2 Å². The molecule has 0 atom stereocenters. The van der Waals surface area contributed by atoms with E-state index in [2.05, 4.69) is 20.8 Å². The van der Waals surface area contributed by atoms with Gasteiger partial charge in [-0.15, -0.1) is 0 Å². The van der Waals surface area contributed by atoms with Crippen LogP contribution in [0.15, 0.2) is 22.8 Å². The molecule has 0 N–H and O–H groups in total. The summed E-state index contributed by atoms with van der Waals surface area (Å²) in [5, 5.41) is 0. The Bertz CT molecular complexity index is 294. The summed E-state index contributed by atoms with van der Waals surface area (Å²) in [6.07, 6.45) is 4.80. The molecular weight excluding hydrogens is 188 g/mol. The van der Waals surface area contributed by atoms with Gasteiger partial charge in [0.1, 0.15) is 11.5 Å². The second-order valence-electron chi connectivity index (χ2n) is 4.27. The summed E-state index contributed by atoms with van der Waals surface area (Å²) in [4.78, 5) is 12.0. The van der Waals surface area contributed by atoms with Crippen molar-refractivity contribution in [3.8, 4) is 0 Å². The predicted octanol–water partition coefficient (Wildman–Crippen LogP) is 3.61. The van der Waals surface area contributed by atoms with Gasteiger partial charge in [0.25, 0.3) is 0 Å². The second kappa shape index (κ2) is 5.15. The molecule has 0 bridgehead atoms. The van der Waals surface area contributed by atoms with Crippen molar-refractivity contribution in [1.82, 2.24) is 0 Å². The summed E-state index contributed by atoms with van der Waals surface area (Å²) >= 11 is 0. The Hall–Kier alpha value is -1.05. The van der Waals surface area contributed by atoms with E-state index in [9.17, 15) is 4.79 Å². The lowest BCUT2D eigenvalue weighted by Gasteiger charge is -2.24. The lowest BCUT2D eigenvalue weighted by molar-refractivity contribution is -0.128. The molecule has 1 aromatic heterocycles.